The molecule has 0 aliphatic carbocycles. The number of hydrogen-bond donors (Lipinski definition) is 3. The predicted molar refractivity (Wildman–Crippen MR) is 136 cm³/mol. The highest BCUT2D eigenvalue weighted by atomic mass is 16.5. The third-order valence-corrected chi connectivity index (χ3v) is 5.75. The van der Waals surface area contributed by atoms with Gasteiger partial charge in [-0.15, -0.1) is 0 Å². The van der Waals surface area contributed by atoms with Gasteiger partial charge in [0.2, 0.25) is 5.95 Å². The van der Waals surface area contributed by atoms with E-state index in [1.807, 2.05) is 24.3 Å². The normalized spacial score (nSPS) is 14.4. The molecule has 9 nitrogen and oxygen atoms in total. The van der Waals surface area contributed by atoms with Crippen LogP contribution >= 0.6 is 0 Å². The topological polar surface area (TPSA) is 114 Å². The summed E-state index contributed by atoms with van der Waals surface area (Å²) in [5, 5.41) is 4.57. The van der Waals surface area contributed by atoms with Crippen molar-refractivity contribution in [3.63, 3.8) is 0 Å². The summed E-state index contributed by atoms with van der Waals surface area (Å²) in [7, 11) is 0. The highest BCUT2D eigenvalue weighted by Gasteiger charge is 2.14. The lowest BCUT2D eigenvalue weighted by Crippen LogP contribution is -2.36. The molecule has 5 rings (SSSR count). The van der Waals surface area contributed by atoms with Gasteiger partial charge in [0.05, 0.1) is 24.3 Å². The number of nitrogen functional groups attached to an aromatic ring is 1. The van der Waals surface area contributed by atoms with Crippen LogP contribution in [0.2, 0.25) is 0 Å². The summed E-state index contributed by atoms with van der Waals surface area (Å²) >= 11 is 0. The molecule has 1 aromatic carbocycles. The maximum absolute atomic E-state index is 12.7. The Morgan fingerprint density at radius 3 is 2.71 bits per heavy atom. The van der Waals surface area contributed by atoms with Crippen LogP contribution in [0.5, 0.6) is 0 Å². The maximum Gasteiger partial charge on any atom is 0.259 e. The zero-order valence-electron chi connectivity index (χ0n) is 18.6. The van der Waals surface area contributed by atoms with Crippen molar-refractivity contribution in [1.82, 2.24) is 19.5 Å². The lowest BCUT2D eigenvalue weighted by atomic mass is 10.1. The number of benzene rings is 1. The first kappa shape index (κ1) is 21.5. The smallest absolute Gasteiger partial charge is 0.259 e. The van der Waals surface area contributed by atoms with Gasteiger partial charge < -0.3 is 25.7 Å². The van der Waals surface area contributed by atoms with E-state index >= 15 is 0 Å². The summed E-state index contributed by atoms with van der Waals surface area (Å²) in [5.41, 5.74) is 9.04. The molecule has 1 aliphatic heterocycles. The summed E-state index contributed by atoms with van der Waals surface area (Å²) in [6, 6.07) is 11.8. The van der Waals surface area contributed by atoms with Gasteiger partial charge in [0, 0.05) is 54.8 Å². The molecule has 1 saturated heterocycles. The Kier molecular flexibility index (Phi) is 5.84. The maximum atomic E-state index is 12.7. The zero-order chi connectivity index (χ0) is 23.5. The lowest BCUT2D eigenvalue weighted by molar-refractivity contribution is 0.122. The van der Waals surface area contributed by atoms with Crippen LogP contribution in [0.15, 0.2) is 72.4 Å². The Morgan fingerprint density at radius 2 is 2.00 bits per heavy atom. The number of fused-ring (bicyclic) bond motifs is 1. The number of allylic oxidation sites excluding steroid dienone is 2. The van der Waals surface area contributed by atoms with Crippen molar-refractivity contribution in [3.8, 4) is 0 Å². The second-order valence-corrected chi connectivity index (χ2v) is 7.88. The first-order chi connectivity index (χ1) is 16.6. The van der Waals surface area contributed by atoms with Crippen molar-refractivity contribution >= 4 is 45.7 Å². The van der Waals surface area contributed by atoms with Gasteiger partial charge in [0.25, 0.3) is 5.56 Å². The number of nitrogens with two attached hydrogens (primary N) is 1. The van der Waals surface area contributed by atoms with Gasteiger partial charge >= 0.3 is 0 Å². The van der Waals surface area contributed by atoms with E-state index in [0.29, 0.717) is 22.8 Å². The van der Waals surface area contributed by atoms with Gasteiger partial charge in [-0.25, -0.2) is 9.97 Å². The van der Waals surface area contributed by atoms with Gasteiger partial charge in [-0.05, 0) is 41.8 Å². The van der Waals surface area contributed by atoms with E-state index in [-0.39, 0.29) is 5.56 Å². The molecule has 0 bridgehead atoms. The number of anilines is 4. The third kappa shape index (κ3) is 4.28. The number of H-pyrrole nitrogens is 1. The Balaban J connectivity index is 1.53. The Morgan fingerprint density at radius 1 is 1.21 bits per heavy atom. The molecule has 172 valence electrons. The highest BCUT2D eigenvalue weighted by Crippen LogP contribution is 2.28. The van der Waals surface area contributed by atoms with Crippen LogP contribution in [0.4, 0.5) is 23.1 Å². The van der Waals surface area contributed by atoms with Crippen molar-refractivity contribution in [2.24, 2.45) is 0 Å². The molecule has 4 aromatic rings. The summed E-state index contributed by atoms with van der Waals surface area (Å²) in [4.78, 5) is 26.5. The fraction of sp³-hybridized carbons (Fsp3) is 0.160. The van der Waals surface area contributed by atoms with Crippen LogP contribution < -0.4 is 21.5 Å². The fourth-order valence-electron chi connectivity index (χ4n) is 3.97. The SMILES string of the molecule is C=C/C(=C\n1ccnc1N)c1cc2cc[nH]c(=O)c2c(Nc2ccc(N3CCOCC3)cc2)n1. The van der Waals surface area contributed by atoms with Gasteiger partial charge in [0.15, 0.2) is 0 Å². The van der Waals surface area contributed by atoms with Crippen LogP contribution in [0.1, 0.15) is 5.69 Å². The largest absolute Gasteiger partial charge is 0.378 e. The van der Waals surface area contributed by atoms with Crippen molar-refractivity contribution in [1.29, 1.82) is 0 Å². The number of nitrogens with one attached hydrogen (secondary N) is 2. The van der Waals surface area contributed by atoms with E-state index in [9.17, 15) is 4.79 Å². The van der Waals surface area contributed by atoms with Gasteiger partial charge in [-0.3, -0.25) is 9.36 Å². The average Bonchev–Trinajstić information content (AvgIpc) is 3.27. The second-order valence-electron chi connectivity index (χ2n) is 7.88. The third-order valence-electron chi connectivity index (χ3n) is 5.75. The zero-order valence-corrected chi connectivity index (χ0v) is 18.6. The average molecular weight is 456 g/mol. The molecule has 0 spiro atoms. The monoisotopic (exact) mass is 455 g/mol. The number of aromatic nitrogens is 4. The van der Waals surface area contributed by atoms with E-state index < -0.39 is 0 Å². The van der Waals surface area contributed by atoms with Gasteiger partial charge in [-0.2, -0.15) is 0 Å². The molecule has 4 N–H and O–H groups in total. The van der Waals surface area contributed by atoms with E-state index in [1.165, 1.54) is 0 Å². The standard InChI is InChI=1S/C25H25N7O2/c1-2-17(16-32-10-9-28-25(32)26)21-15-18-7-8-27-24(33)22(18)23(30-21)29-19-3-5-20(6-4-19)31-11-13-34-14-12-31/h2-10,15-16H,1,11-14H2,(H2,26,28)(H,27,33)(H,29,30)/b17-16+. The van der Waals surface area contributed by atoms with Crippen LogP contribution in [-0.4, -0.2) is 45.8 Å². The van der Waals surface area contributed by atoms with Crippen LogP contribution in [0.3, 0.4) is 0 Å². The molecule has 0 atom stereocenters. The first-order valence-electron chi connectivity index (χ1n) is 11.0. The quantitative estimate of drug-likeness (QED) is 0.382. The number of pyridine rings is 2. The number of ether oxygens (including phenoxy) is 1. The van der Waals surface area contributed by atoms with Crippen LogP contribution in [-0.2, 0) is 4.74 Å². The van der Waals surface area contributed by atoms with E-state index in [0.717, 1.165) is 48.6 Å². The molecule has 1 aliphatic rings. The van der Waals surface area contributed by atoms with Crippen LogP contribution in [0, 0.1) is 0 Å². The van der Waals surface area contributed by atoms with Crippen molar-refractivity contribution in [3.05, 3.63) is 83.7 Å². The number of morpholine rings is 1. The molecule has 9 heteroatoms. The number of aromatic amines is 1. The fourth-order valence-corrected chi connectivity index (χ4v) is 3.97. The Hall–Kier alpha value is -4.37. The highest BCUT2D eigenvalue weighted by molar-refractivity contribution is 5.96. The molecule has 0 saturated carbocycles. The molecule has 1 fully saturated rings. The first-order valence-corrected chi connectivity index (χ1v) is 11.0. The Bertz CT molecular complexity index is 1410. The molecular weight excluding hydrogens is 430 g/mol. The summed E-state index contributed by atoms with van der Waals surface area (Å²) in [6.45, 7) is 7.13. The summed E-state index contributed by atoms with van der Waals surface area (Å²) in [6.07, 6.45) is 8.49. The molecule has 34 heavy (non-hydrogen) atoms. The Labute approximate surface area is 196 Å². The number of hydrogen-bond acceptors (Lipinski definition) is 7. The molecule has 0 unspecified atom stereocenters. The van der Waals surface area contributed by atoms with Gasteiger partial charge in [0.1, 0.15) is 5.82 Å². The van der Waals surface area contributed by atoms with Gasteiger partial charge in [-0.1, -0.05) is 12.7 Å². The minimum Gasteiger partial charge on any atom is -0.378 e. The number of nitrogens with zero attached hydrogens (tertiary/aromatic N) is 4. The van der Waals surface area contributed by atoms with Crippen LogP contribution in [0.25, 0.3) is 22.5 Å². The van der Waals surface area contributed by atoms with Crippen molar-refractivity contribution in [2.45, 2.75) is 0 Å². The summed E-state index contributed by atoms with van der Waals surface area (Å²) in [5.74, 6) is 0.815. The number of imidazole rings is 1. The second kappa shape index (κ2) is 9.24. The minimum absolute atomic E-state index is 0.216. The lowest BCUT2D eigenvalue weighted by Gasteiger charge is -2.28. The van der Waals surface area contributed by atoms with Crippen molar-refractivity contribution in [2.75, 3.05) is 42.3 Å². The van der Waals surface area contributed by atoms with E-state index in [2.05, 4.69) is 38.9 Å². The van der Waals surface area contributed by atoms with Crippen molar-refractivity contribution < 1.29 is 4.74 Å². The minimum atomic E-state index is -0.216. The molecular formula is C25H25N7O2. The predicted octanol–water partition coefficient (Wildman–Crippen LogP) is 3.47. The molecule has 3 aromatic heterocycles. The molecule has 4 heterocycles. The molecule has 0 radical (unpaired) electrons. The van der Waals surface area contributed by atoms with E-state index in [4.69, 9.17) is 15.5 Å². The van der Waals surface area contributed by atoms with E-state index in [1.54, 1.807) is 35.4 Å². The molecule has 0 amide bonds. The number of rotatable bonds is 6. The summed E-state index contributed by atoms with van der Waals surface area (Å²) < 4.78 is 7.13.